The van der Waals surface area contributed by atoms with E-state index in [4.69, 9.17) is 23.2 Å². The topological polar surface area (TPSA) is 15.3 Å². The van der Waals surface area contributed by atoms with E-state index in [0.29, 0.717) is 18.0 Å². The molecule has 1 N–H and O–H groups in total. The molecule has 4 heteroatoms. The van der Waals surface area contributed by atoms with E-state index in [2.05, 4.69) is 31.0 Å². The number of halogens is 2. The lowest BCUT2D eigenvalue weighted by molar-refractivity contribution is 0.343. The van der Waals surface area contributed by atoms with Crippen molar-refractivity contribution in [3.63, 3.8) is 0 Å². The van der Waals surface area contributed by atoms with E-state index in [1.54, 1.807) is 0 Å². The Kier molecular flexibility index (Phi) is 5.59. The molecular formula is C16H24Cl2N2. The van der Waals surface area contributed by atoms with Gasteiger partial charge in [0.25, 0.3) is 0 Å². The fourth-order valence-corrected chi connectivity index (χ4v) is 3.35. The van der Waals surface area contributed by atoms with Crippen molar-refractivity contribution in [1.82, 2.24) is 5.32 Å². The van der Waals surface area contributed by atoms with Gasteiger partial charge in [0.1, 0.15) is 0 Å². The van der Waals surface area contributed by atoms with Crippen molar-refractivity contribution in [3.8, 4) is 0 Å². The van der Waals surface area contributed by atoms with Crippen LogP contribution in [-0.2, 0) is 0 Å². The lowest BCUT2D eigenvalue weighted by atomic mass is 9.98. The van der Waals surface area contributed by atoms with Gasteiger partial charge in [0.15, 0.2) is 0 Å². The number of anilines is 1. The SMILES string of the molecule is CCC1CNC(CC(C)C)CN1c1cc(Cl)ccc1Cl. The maximum Gasteiger partial charge on any atom is 0.0640 e. The van der Waals surface area contributed by atoms with E-state index < -0.39 is 0 Å². The second-order valence-electron chi connectivity index (χ2n) is 6.04. The Hall–Kier alpha value is -0.440. The van der Waals surface area contributed by atoms with Crippen molar-refractivity contribution < 1.29 is 0 Å². The molecule has 1 saturated heterocycles. The largest absolute Gasteiger partial charge is 0.364 e. The molecule has 0 spiro atoms. The molecule has 2 atom stereocenters. The van der Waals surface area contributed by atoms with Crippen LogP contribution in [0.15, 0.2) is 18.2 Å². The highest BCUT2D eigenvalue weighted by molar-refractivity contribution is 6.35. The average Bonchev–Trinajstić information content (AvgIpc) is 2.41. The number of hydrogen-bond acceptors (Lipinski definition) is 2. The van der Waals surface area contributed by atoms with Crippen LogP contribution in [0, 0.1) is 5.92 Å². The van der Waals surface area contributed by atoms with E-state index in [-0.39, 0.29) is 0 Å². The van der Waals surface area contributed by atoms with Crippen molar-refractivity contribution in [3.05, 3.63) is 28.2 Å². The normalized spacial score (nSPS) is 23.4. The van der Waals surface area contributed by atoms with Gasteiger partial charge in [-0.2, -0.15) is 0 Å². The third kappa shape index (κ3) is 3.81. The molecule has 0 amide bonds. The molecule has 1 aromatic rings. The fourth-order valence-electron chi connectivity index (χ4n) is 2.96. The van der Waals surface area contributed by atoms with Crippen LogP contribution >= 0.6 is 23.2 Å². The first-order valence-corrected chi connectivity index (χ1v) is 8.22. The standard InChI is InChI=1S/C16H24Cl2N2/c1-4-14-9-19-13(7-11(2)3)10-20(14)16-8-12(17)5-6-15(16)18/h5-6,8,11,13-14,19H,4,7,9-10H2,1-3H3. The predicted octanol–water partition coefficient (Wildman–Crippen LogP) is 4.60. The zero-order chi connectivity index (χ0) is 14.7. The van der Waals surface area contributed by atoms with Crippen molar-refractivity contribution >= 4 is 28.9 Å². The third-order valence-electron chi connectivity index (χ3n) is 3.94. The highest BCUT2D eigenvalue weighted by Gasteiger charge is 2.28. The maximum atomic E-state index is 6.38. The van der Waals surface area contributed by atoms with Crippen LogP contribution < -0.4 is 10.2 Å². The molecule has 0 saturated carbocycles. The molecule has 1 heterocycles. The van der Waals surface area contributed by atoms with Gasteiger partial charge in [-0.3, -0.25) is 0 Å². The summed E-state index contributed by atoms with van der Waals surface area (Å²) in [5, 5.41) is 5.21. The summed E-state index contributed by atoms with van der Waals surface area (Å²) in [7, 11) is 0. The van der Waals surface area contributed by atoms with E-state index >= 15 is 0 Å². The Morgan fingerprint density at radius 2 is 2.10 bits per heavy atom. The van der Waals surface area contributed by atoms with Crippen molar-refractivity contribution in [2.24, 2.45) is 5.92 Å². The summed E-state index contributed by atoms with van der Waals surface area (Å²) in [6.07, 6.45) is 2.29. The molecule has 2 nitrogen and oxygen atoms in total. The summed E-state index contributed by atoms with van der Waals surface area (Å²) in [6.45, 7) is 8.77. The molecule has 1 fully saturated rings. The Bertz CT molecular complexity index is 448. The minimum atomic E-state index is 0.481. The first-order chi connectivity index (χ1) is 9.51. The lowest BCUT2D eigenvalue weighted by Crippen LogP contribution is -2.56. The fraction of sp³-hybridized carbons (Fsp3) is 0.625. The third-order valence-corrected chi connectivity index (χ3v) is 4.50. The smallest absolute Gasteiger partial charge is 0.0640 e. The molecule has 0 aliphatic carbocycles. The summed E-state index contributed by atoms with van der Waals surface area (Å²) in [5.74, 6) is 0.697. The minimum absolute atomic E-state index is 0.481. The molecule has 0 bridgehead atoms. The summed E-state index contributed by atoms with van der Waals surface area (Å²) in [6, 6.07) is 6.74. The van der Waals surface area contributed by atoms with Crippen LogP contribution in [0.5, 0.6) is 0 Å². The number of piperazine rings is 1. The van der Waals surface area contributed by atoms with Crippen molar-refractivity contribution in [1.29, 1.82) is 0 Å². The number of nitrogens with one attached hydrogen (secondary N) is 1. The molecular weight excluding hydrogens is 291 g/mol. The molecule has 0 aromatic heterocycles. The molecule has 2 rings (SSSR count). The highest BCUT2D eigenvalue weighted by Crippen LogP contribution is 2.32. The van der Waals surface area contributed by atoms with Crippen LogP contribution in [0.1, 0.15) is 33.6 Å². The maximum absolute atomic E-state index is 6.38. The zero-order valence-corrected chi connectivity index (χ0v) is 14.0. The van der Waals surface area contributed by atoms with E-state index in [1.165, 1.54) is 6.42 Å². The molecule has 1 aliphatic heterocycles. The van der Waals surface area contributed by atoms with Crippen LogP contribution in [0.2, 0.25) is 10.0 Å². The van der Waals surface area contributed by atoms with E-state index in [1.807, 2.05) is 18.2 Å². The number of nitrogens with zero attached hydrogens (tertiary/aromatic N) is 1. The van der Waals surface area contributed by atoms with Gasteiger partial charge in [0, 0.05) is 30.2 Å². The van der Waals surface area contributed by atoms with Gasteiger partial charge < -0.3 is 10.2 Å². The second-order valence-corrected chi connectivity index (χ2v) is 6.89. The van der Waals surface area contributed by atoms with Gasteiger partial charge in [0.05, 0.1) is 10.7 Å². The summed E-state index contributed by atoms with van der Waals surface area (Å²) in [4.78, 5) is 2.43. The van der Waals surface area contributed by atoms with Crippen LogP contribution in [0.4, 0.5) is 5.69 Å². The molecule has 20 heavy (non-hydrogen) atoms. The number of rotatable bonds is 4. The summed E-state index contributed by atoms with van der Waals surface area (Å²) >= 11 is 12.5. The summed E-state index contributed by atoms with van der Waals surface area (Å²) in [5.41, 5.74) is 1.07. The Morgan fingerprint density at radius 1 is 1.35 bits per heavy atom. The van der Waals surface area contributed by atoms with Gasteiger partial charge in [0.2, 0.25) is 0 Å². The van der Waals surface area contributed by atoms with Crippen LogP contribution in [-0.4, -0.2) is 25.2 Å². The number of benzene rings is 1. The van der Waals surface area contributed by atoms with Crippen molar-refractivity contribution in [2.75, 3.05) is 18.0 Å². The van der Waals surface area contributed by atoms with Gasteiger partial charge in [-0.25, -0.2) is 0 Å². The van der Waals surface area contributed by atoms with Gasteiger partial charge in [-0.15, -0.1) is 0 Å². The molecule has 1 aliphatic rings. The Labute approximate surface area is 132 Å². The predicted molar refractivity (Wildman–Crippen MR) is 89.1 cm³/mol. The molecule has 2 unspecified atom stereocenters. The molecule has 0 radical (unpaired) electrons. The Morgan fingerprint density at radius 3 is 2.75 bits per heavy atom. The van der Waals surface area contributed by atoms with Gasteiger partial charge in [-0.1, -0.05) is 44.0 Å². The highest BCUT2D eigenvalue weighted by atomic mass is 35.5. The quantitative estimate of drug-likeness (QED) is 0.874. The van der Waals surface area contributed by atoms with Crippen LogP contribution in [0.3, 0.4) is 0 Å². The lowest BCUT2D eigenvalue weighted by Gasteiger charge is -2.42. The number of hydrogen-bond donors (Lipinski definition) is 1. The first kappa shape index (κ1) is 15.9. The van der Waals surface area contributed by atoms with Gasteiger partial charge in [-0.05, 0) is 37.0 Å². The van der Waals surface area contributed by atoms with E-state index in [9.17, 15) is 0 Å². The Balaban J connectivity index is 2.22. The van der Waals surface area contributed by atoms with E-state index in [0.717, 1.165) is 35.2 Å². The minimum Gasteiger partial charge on any atom is -0.364 e. The monoisotopic (exact) mass is 314 g/mol. The van der Waals surface area contributed by atoms with Crippen molar-refractivity contribution in [2.45, 2.75) is 45.7 Å². The molecule has 1 aromatic carbocycles. The van der Waals surface area contributed by atoms with Crippen LogP contribution in [0.25, 0.3) is 0 Å². The zero-order valence-electron chi connectivity index (χ0n) is 12.5. The summed E-state index contributed by atoms with van der Waals surface area (Å²) < 4.78 is 0. The average molecular weight is 315 g/mol. The first-order valence-electron chi connectivity index (χ1n) is 7.46. The van der Waals surface area contributed by atoms with Gasteiger partial charge >= 0.3 is 0 Å². The molecule has 112 valence electrons. The second kappa shape index (κ2) is 7.02.